The van der Waals surface area contributed by atoms with Crippen LogP contribution in [0.5, 0.6) is 5.75 Å². The molecule has 0 radical (unpaired) electrons. The van der Waals surface area contributed by atoms with E-state index in [0.29, 0.717) is 17.9 Å². The molecular weight excluding hydrogens is 335 g/mol. The average molecular weight is 347 g/mol. The normalized spacial score (nSPS) is 16.5. The number of fused-ring (bicyclic) bond motifs is 1. The van der Waals surface area contributed by atoms with Crippen LogP contribution in [0.25, 0.3) is 0 Å². The van der Waals surface area contributed by atoms with Crippen molar-refractivity contribution in [3.63, 3.8) is 0 Å². The summed E-state index contributed by atoms with van der Waals surface area (Å²) in [4.78, 5) is 0. The van der Waals surface area contributed by atoms with Gasteiger partial charge in [0.2, 0.25) is 0 Å². The lowest BCUT2D eigenvalue weighted by atomic mass is 10.00. The van der Waals surface area contributed by atoms with Crippen LogP contribution in [-0.2, 0) is 0 Å². The predicted octanol–water partition coefficient (Wildman–Crippen LogP) is 4.40. The molecule has 1 aliphatic rings. The molecule has 5 heteroatoms. The van der Waals surface area contributed by atoms with Crippen LogP contribution in [0.4, 0.5) is 10.1 Å². The second kappa shape index (κ2) is 5.74. The average Bonchev–Trinajstić information content (AvgIpc) is 2.50. The van der Waals surface area contributed by atoms with Crippen molar-refractivity contribution in [3.8, 4) is 11.8 Å². The van der Waals surface area contributed by atoms with Gasteiger partial charge in [0.05, 0.1) is 24.3 Å². The molecule has 0 saturated heterocycles. The molecule has 0 amide bonds. The number of halogens is 2. The van der Waals surface area contributed by atoms with Crippen LogP contribution in [0.15, 0.2) is 40.9 Å². The van der Waals surface area contributed by atoms with Crippen molar-refractivity contribution in [1.29, 1.82) is 5.26 Å². The first-order valence-corrected chi connectivity index (χ1v) is 7.36. The summed E-state index contributed by atoms with van der Waals surface area (Å²) in [6.45, 7) is 0.472. The monoisotopic (exact) mass is 346 g/mol. The van der Waals surface area contributed by atoms with Gasteiger partial charge in [-0.2, -0.15) is 5.26 Å². The molecule has 106 valence electrons. The molecule has 1 aliphatic heterocycles. The Labute approximate surface area is 130 Å². The van der Waals surface area contributed by atoms with Gasteiger partial charge in [-0.3, -0.25) is 0 Å². The molecule has 0 spiro atoms. The predicted molar refractivity (Wildman–Crippen MR) is 81.7 cm³/mol. The number of benzene rings is 2. The molecule has 21 heavy (non-hydrogen) atoms. The van der Waals surface area contributed by atoms with E-state index in [4.69, 9.17) is 10.00 Å². The highest BCUT2D eigenvalue weighted by Gasteiger charge is 2.24. The van der Waals surface area contributed by atoms with Gasteiger partial charge in [-0.15, -0.1) is 0 Å². The number of para-hydroxylation sites is 1. The fraction of sp³-hybridized carbons (Fsp3) is 0.188. The standard InChI is InChI=1S/C16H12BrFN2O/c17-12-8-10(9-19)4-5-15(12)20-14-6-7-21-16-11(14)2-1-3-13(16)18/h1-5,8,14,20H,6-7H2/t14-/m0/s1. The maximum atomic E-state index is 13.8. The number of nitrogens with zero attached hydrogens (tertiary/aromatic N) is 1. The molecule has 3 rings (SSSR count). The van der Waals surface area contributed by atoms with E-state index in [2.05, 4.69) is 27.3 Å². The van der Waals surface area contributed by atoms with Crippen LogP contribution in [0.3, 0.4) is 0 Å². The van der Waals surface area contributed by atoms with Crippen LogP contribution in [0, 0.1) is 17.1 Å². The summed E-state index contributed by atoms with van der Waals surface area (Å²) in [6.07, 6.45) is 0.753. The number of nitrogens with one attached hydrogen (secondary N) is 1. The lowest BCUT2D eigenvalue weighted by Crippen LogP contribution is -2.21. The topological polar surface area (TPSA) is 45.0 Å². The molecule has 0 aliphatic carbocycles. The third-order valence-electron chi connectivity index (χ3n) is 3.45. The second-order valence-electron chi connectivity index (χ2n) is 4.80. The Balaban J connectivity index is 1.91. The van der Waals surface area contributed by atoms with Crippen LogP contribution < -0.4 is 10.1 Å². The third-order valence-corrected chi connectivity index (χ3v) is 4.11. The summed E-state index contributed by atoms with van der Waals surface area (Å²) in [7, 11) is 0. The van der Waals surface area contributed by atoms with Crippen LogP contribution in [-0.4, -0.2) is 6.61 Å². The first-order valence-electron chi connectivity index (χ1n) is 6.56. The van der Waals surface area contributed by atoms with E-state index < -0.39 is 0 Å². The minimum absolute atomic E-state index is 0.0197. The van der Waals surface area contributed by atoms with Crippen molar-refractivity contribution in [2.24, 2.45) is 0 Å². The molecule has 0 unspecified atom stereocenters. The number of anilines is 1. The Morgan fingerprint density at radius 1 is 1.33 bits per heavy atom. The zero-order valence-corrected chi connectivity index (χ0v) is 12.7. The van der Waals surface area contributed by atoms with E-state index in [-0.39, 0.29) is 11.9 Å². The van der Waals surface area contributed by atoms with Crippen molar-refractivity contribution >= 4 is 21.6 Å². The SMILES string of the molecule is N#Cc1ccc(N[C@H]2CCOc3c(F)cccc32)c(Br)c1. The largest absolute Gasteiger partial charge is 0.490 e. The maximum absolute atomic E-state index is 13.8. The van der Waals surface area contributed by atoms with Crippen molar-refractivity contribution in [2.75, 3.05) is 11.9 Å². The lowest BCUT2D eigenvalue weighted by Gasteiger charge is -2.28. The van der Waals surface area contributed by atoms with Gasteiger partial charge in [0.25, 0.3) is 0 Å². The Morgan fingerprint density at radius 3 is 2.95 bits per heavy atom. The van der Waals surface area contributed by atoms with Crippen molar-refractivity contribution in [3.05, 3.63) is 57.8 Å². The van der Waals surface area contributed by atoms with Gasteiger partial charge in [-0.05, 0) is 40.2 Å². The first-order chi connectivity index (χ1) is 10.2. The molecule has 0 fully saturated rings. The van der Waals surface area contributed by atoms with Crippen molar-refractivity contribution in [1.82, 2.24) is 0 Å². The van der Waals surface area contributed by atoms with E-state index in [1.807, 2.05) is 12.1 Å². The van der Waals surface area contributed by atoms with Gasteiger partial charge in [-0.25, -0.2) is 4.39 Å². The minimum atomic E-state index is -0.335. The number of hydrogen-bond donors (Lipinski definition) is 1. The maximum Gasteiger partial charge on any atom is 0.165 e. The Hall–Kier alpha value is -2.06. The van der Waals surface area contributed by atoms with Crippen molar-refractivity contribution in [2.45, 2.75) is 12.5 Å². The molecule has 1 N–H and O–H groups in total. The van der Waals surface area contributed by atoms with Gasteiger partial charge in [-0.1, -0.05) is 12.1 Å². The Morgan fingerprint density at radius 2 is 2.19 bits per heavy atom. The molecule has 1 atom stereocenters. The molecule has 0 saturated carbocycles. The van der Waals surface area contributed by atoms with E-state index in [9.17, 15) is 4.39 Å². The van der Waals surface area contributed by atoms with Crippen LogP contribution in [0.1, 0.15) is 23.6 Å². The lowest BCUT2D eigenvalue weighted by molar-refractivity contribution is 0.260. The van der Waals surface area contributed by atoms with Gasteiger partial charge in [0.1, 0.15) is 0 Å². The summed E-state index contributed by atoms with van der Waals surface area (Å²) >= 11 is 3.45. The summed E-state index contributed by atoms with van der Waals surface area (Å²) in [5.74, 6) is -0.0103. The number of nitriles is 1. The van der Waals surface area contributed by atoms with E-state index >= 15 is 0 Å². The van der Waals surface area contributed by atoms with Gasteiger partial charge in [0.15, 0.2) is 11.6 Å². The first kappa shape index (κ1) is 13.9. The van der Waals surface area contributed by atoms with Gasteiger partial charge in [0, 0.05) is 22.1 Å². The van der Waals surface area contributed by atoms with E-state index in [1.54, 1.807) is 18.2 Å². The van der Waals surface area contributed by atoms with Crippen LogP contribution in [0.2, 0.25) is 0 Å². The highest BCUT2D eigenvalue weighted by atomic mass is 79.9. The highest BCUT2D eigenvalue weighted by molar-refractivity contribution is 9.10. The highest BCUT2D eigenvalue weighted by Crippen LogP contribution is 2.37. The van der Waals surface area contributed by atoms with E-state index in [0.717, 1.165) is 22.1 Å². The van der Waals surface area contributed by atoms with Gasteiger partial charge < -0.3 is 10.1 Å². The summed E-state index contributed by atoms with van der Waals surface area (Å²) in [6, 6.07) is 12.4. The van der Waals surface area contributed by atoms with Crippen LogP contribution >= 0.6 is 15.9 Å². The van der Waals surface area contributed by atoms with Crippen molar-refractivity contribution < 1.29 is 9.13 Å². The molecule has 3 nitrogen and oxygen atoms in total. The molecular formula is C16H12BrFN2O. The number of ether oxygens (including phenoxy) is 1. The quantitative estimate of drug-likeness (QED) is 0.876. The zero-order chi connectivity index (χ0) is 14.8. The number of hydrogen-bond acceptors (Lipinski definition) is 3. The molecule has 1 heterocycles. The molecule has 0 aromatic heterocycles. The zero-order valence-electron chi connectivity index (χ0n) is 11.1. The second-order valence-corrected chi connectivity index (χ2v) is 5.65. The number of rotatable bonds is 2. The summed E-state index contributed by atoms with van der Waals surface area (Å²) in [5.41, 5.74) is 2.28. The smallest absolute Gasteiger partial charge is 0.165 e. The Kier molecular flexibility index (Phi) is 3.80. The third kappa shape index (κ3) is 2.72. The summed E-state index contributed by atoms with van der Waals surface area (Å²) in [5, 5.41) is 12.3. The van der Waals surface area contributed by atoms with Gasteiger partial charge >= 0.3 is 0 Å². The fourth-order valence-corrected chi connectivity index (χ4v) is 2.92. The fourth-order valence-electron chi connectivity index (χ4n) is 2.43. The Bertz CT molecular complexity index is 727. The molecule has 2 aromatic carbocycles. The summed E-state index contributed by atoms with van der Waals surface area (Å²) < 4.78 is 20.0. The molecule has 0 bridgehead atoms. The molecule has 2 aromatic rings. The minimum Gasteiger partial charge on any atom is -0.490 e. The van der Waals surface area contributed by atoms with E-state index in [1.165, 1.54) is 6.07 Å².